The molecular weight excluding hydrogens is 406 g/mol. The molecule has 0 bridgehead atoms. The van der Waals surface area contributed by atoms with Crippen LogP contribution in [0.1, 0.15) is 26.5 Å². The van der Waals surface area contributed by atoms with Crippen LogP contribution in [0.2, 0.25) is 0 Å². The highest BCUT2D eigenvalue weighted by Crippen LogP contribution is 2.36. The number of ketones is 2. The van der Waals surface area contributed by atoms with Crippen LogP contribution in [-0.2, 0) is 4.79 Å². The fourth-order valence-electron chi connectivity index (χ4n) is 3.72. The lowest BCUT2D eigenvalue weighted by Gasteiger charge is -2.28. The Bertz CT molecular complexity index is 1200. The molecule has 1 amide bonds. The molecule has 142 valence electrons. The number of Topliss-reactive ketones (excluding diaryl/α,β-unsaturated/α-hetero) is 2. The molecule has 1 aliphatic heterocycles. The first-order valence-corrected chi connectivity index (χ1v) is 10.2. The minimum absolute atomic E-state index is 0.0399. The number of allylic oxidation sites excluding steroid dienone is 4. The number of hydrogen-bond donors (Lipinski definition) is 1. The Hall–Kier alpha value is -3.03. The number of fused-ring (bicyclic) bond motifs is 2. The van der Waals surface area contributed by atoms with E-state index in [1.807, 2.05) is 0 Å². The number of carbonyl (C=O) groups excluding carboxylic acids is 3. The molecule has 1 aromatic heterocycles. The molecule has 1 aromatic carbocycles. The molecule has 5 nitrogen and oxygen atoms in total. The Morgan fingerprint density at radius 2 is 1.69 bits per heavy atom. The van der Waals surface area contributed by atoms with Crippen LogP contribution in [0.4, 0.5) is 0 Å². The van der Waals surface area contributed by atoms with Crippen molar-refractivity contribution in [1.82, 2.24) is 5.32 Å². The zero-order chi connectivity index (χ0) is 20.1. The number of carbonyl (C=O) groups is 3. The van der Waals surface area contributed by atoms with Gasteiger partial charge in [0.2, 0.25) is 0 Å². The summed E-state index contributed by atoms with van der Waals surface area (Å²) in [5.74, 6) is -0.173. The van der Waals surface area contributed by atoms with Gasteiger partial charge < -0.3 is 9.73 Å². The summed E-state index contributed by atoms with van der Waals surface area (Å²) in [5, 5.41) is 2.56. The molecule has 3 aliphatic rings. The molecule has 1 N–H and O–H groups in total. The van der Waals surface area contributed by atoms with Crippen LogP contribution >= 0.6 is 24.0 Å². The molecule has 0 spiro atoms. The summed E-state index contributed by atoms with van der Waals surface area (Å²) < 4.78 is 6.25. The van der Waals surface area contributed by atoms with E-state index in [0.717, 1.165) is 0 Å². The van der Waals surface area contributed by atoms with Gasteiger partial charge in [0.25, 0.3) is 5.91 Å². The van der Waals surface area contributed by atoms with Gasteiger partial charge in [-0.2, -0.15) is 0 Å². The van der Waals surface area contributed by atoms with Crippen LogP contribution in [0, 0.1) is 11.8 Å². The molecule has 2 atom stereocenters. The highest BCUT2D eigenvalue weighted by Gasteiger charge is 2.39. The second kappa shape index (κ2) is 6.79. The van der Waals surface area contributed by atoms with E-state index in [9.17, 15) is 14.4 Å². The SMILES string of the molecule is O=C1NC(=S)S/C1=C/c1ccc(-c2ccc3c(c2)C(=O)[C@H]2C=CC=C[C@@H]2C3=O)o1. The number of rotatable bonds is 2. The summed E-state index contributed by atoms with van der Waals surface area (Å²) in [7, 11) is 0. The summed E-state index contributed by atoms with van der Waals surface area (Å²) in [5.41, 5.74) is 1.56. The van der Waals surface area contributed by atoms with Crippen molar-refractivity contribution in [3.8, 4) is 11.3 Å². The van der Waals surface area contributed by atoms with E-state index in [4.69, 9.17) is 16.6 Å². The number of thioether (sulfide) groups is 1. The molecule has 2 aliphatic carbocycles. The zero-order valence-electron chi connectivity index (χ0n) is 14.9. The van der Waals surface area contributed by atoms with Crippen LogP contribution in [0.5, 0.6) is 0 Å². The first-order chi connectivity index (χ1) is 14.0. The summed E-state index contributed by atoms with van der Waals surface area (Å²) >= 11 is 6.16. The smallest absolute Gasteiger partial charge is 0.263 e. The van der Waals surface area contributed by atoms with Gasteiger partial charge >= 0.3 is 0 Å². The van der Waals surface area contributed by atoms with Gasteiger partial charge in [0.1, 0.15) is 15.8 Å². The Balaban J connectivity index is 1.49. The van der Waals surface area contributed by atoms with Crippen LogP contribution < -0.4 is 5.32 Å². The highest BCUT2D eigenvalue weighted by molar-refractivity contribution is 8.26. The second-order valence-corrected chi connectivity index (χ2v) is 8.58. The maximum atomic E-state index is 12.9. The summed E-state index contributed by atoms with van der Waals surface area (Å²) in [6.07, 6.45) is 8.81. The maximum absolute atomic E-state index is 12.9. The van der Waals surface area contributed by atoms with Crippen LogP contribution in [0.25, 0.3) is 17.4 Å². The van der Waals surface area contributed by atoms with Gasteiger partial charge in [-0.05, 0) is 24.3 Å². The van der Waals surface area contributed by atoms with E-state index in [1.54, 1.807) is 60.7 Å². The number of benzene rings is 1. The van der Waals surface area contributed by atoms with Gasteiger partial charge in [-0.15, -0.1) is 0 Å². The second-order valence-electron chi connectivity index (χ2n) is 6.86. The van der Waals surface area contributed by atoms with Crippen molar-refractivity contribution < 1.29 is 18.8 Å². The van der Waals surface area contributed by atoms with Gasteiger partial charge in [-0.3, -0.25) is 14.4 Å². The van der Waals surface area contributed by atoms with Gasteiger partial charge in [0.05, 0.1) is 16.7 Å². The first-order valence-electron chi connectivity index (χ1n) is 8.94. The fraction of sp³-hybridized carbons (Fsp3) is 0.0909. The van der Waals surface area contributed by atoms with E-state index in [0.29, 0.717) is 37.4 Å². The number of nitrogens with one attached hydrogen (secondary N) is 1. The molecule has 5 rings (SSSR count). The predicted octanol–water partition coefficient (Wildman–Crippen LogP) is 4.17. The van der Waals surface area contributed by atoms with Crippen molar-refractivity contribution in [2.45, 2.75) is 0 Å². The van der Waals surface area contributed by atoms with E-state index in [-0.39, 0.29) is 17.5 Å². The number of amides is 1. The summed E-state index contributed by atoms with van der Waals surface area (Å²) in [6.45, 7) is 0. The molecule has 0 saturated carbocycles. The minimum atomic E-state index is -0.450. The maximum Gasteiger partial charge on any atom is 0.263 e. The molecule has 7 heteroatoms. The third-order valence-corrected chi connectivity index (χ3v) is 6.28. The lowest BCUT2D eigenvalue weighted by Crippen LogP contribution is -2.35. The average Bonchev–Trinajstić information content (AvgIpc) is 3.32. The largest absolute Gasteiger partial charge is 0.457 e. The monoisotopic (exact) mass is 419 g/mol. The average molecular weight is 419 g/mol. The molecule has 0 unspecified atom stereocenters. The summed E-state index contributed by atoms with van der Waals surface area (Å²) in [4.78, 5) is 38.0. The third-order valence-electron chi connectivity index (χ3n) is 5.12. The minimum Gasteiger partial charge on any atom is -0.457 e. The molecule has 2 heterocycles. The Kier molecular flexibility index (Phi) is 4.22. The van der Waals surface area contributed by atoms with Crippen LogP contribution in [0.15, 0.2) is 64.0 Å². The van der Waals surface area contributed by atoms with Crippen molar-refractivity contribution in [3.05, 3.63) is 76.4 Å². The van der Waals surface area contributed by atoms with Crippen LogP contribution in [0.3, 0.4) is 0 Å². The summed E-state index contributed by atoms with van der Waals surface area (Å²) in [6, 6.07) is 8.68. The number of furan rings is 1. The van der Waals surface area contributed by atoms with Gasteiger partial charge in [-0.1, -0.05) is 54.4 Å². The molecule has 2 aromatic rings. The van der Waals surface area contributed by atoms with Crippen molar-refractivity contribution in [2.24, 2.45) is 11.8 Å². The van der Waals surface area contributed by atoms with Crippen molar-refractivity contribution in [2.75, 3.05) is 0 Å². The normalized spacial score (nSPS) is 24.1. The van der Waals surface area contributed by atoms with E-state index >= 15 is 0 Å². The molecule has 0 radical (unpaired) electrons. The van der Waals surface area contributed by atoms with Crippen molar-refractivity contribution >= 4 is 51.8 Å². The first kappa shape index (κ1) is 18.0. The third kappa shape index (κ3) is 3.03. The Morgan fingerprint density at radius 3 is 2.38 bits per heavy atom. The fourth-order valence-corrected chi connectivity index (χ4v) is 4.74. The quantitative estimate of drug-likeness (QED) is 0.582. The van der Waals surface area contributed by atoms with Gasteiger partial charge in [0.15, 0.2) is 11.6 Å². The standard InChI is InChI=1S/C22H13NO4S2/c24-19-13-3-1-2-4-14(13)20(25)16-9-11(5-7-15(16)19)17-8-6-12(27-17)10-18-21(26)23-22(28)29-18/h1-10,13-14H,(H,23,26,28)/b18-10+/t13-,14-/m0/s1. The molecule has 1 saturated heterocycles. The molecule has 29 heavy (non-hydrogen) atoms. The van der Waals surface area contributed by atoms with E-state index in [1.165, 1.54) is 11.8 Å². The topological polar surface area (TPSA) is 76.4 Å². The predicted molar refractivity (Wildman–Crippen MR) is 114 cm³/mol. The molecule has 1 fully saturated rings. The Morgan fingerprint density at radius 1 is 0.966 bits per heavy atom. The lowest BCUT2D eigenvalue weighted by molar-refractivity contribution is -0.115. The van der Waals surface area contributed by atoms with E-state index in [2.05, 4.69) is 5.32 Å². The van der Waals surface area contributed by atoms with Crippen LogP contribution in [-0.4, -0.2) is 21.8 Å². The lowest BCUT2D eigenvalue weighted by atomic mass is 9.72. The van der Waals surface area contributed by atoms with Crippen molar-refractivity contribution in [1.29, 1.82) is 0 Å². The zero-order valence-corrected chi connectivity index (χ0v) is 16.5. The number of hydrogen-bond acceptors (Lipinski definition) is 6. The molecular formula is C22H13NO4S2. The van der Waals surface area contributed by atoms with E-state index < -0.39 is 11.8 Å². The number of thiocarbonyl (C=S) groups is 1. The van der Waals surface area contributed by atoms with Crippen molar-refractivity contribution in [3.63, 3.8) is 0 Å². The van der Waals surface area contributed by atoms with Gasteiger partial charge in [-0.25, -0.2) is 0 Å². The highest BCUT2D eigenvalue weighted by atomic mass is 32.2. The van der Waals surface area contributed by atoms with Gasteiger partial charge in [0, 0.05) is 22.8 Å². The Labute approximate surface area is 175 Å².